The Bertz CT molecular complexity index is 504. The maximum Gasteiger partial charge on any atom is 0.228 e. The summed E-state index contributed by atoms with van der Waals surface area (Å²) in [4.78, 5) is 18.6. The van der Waals surface area contributed by atoms with Crippen LogP contribution in [0, 0.1) is 5.92 Å². The van der Waals surface area contributed by atoms with Gasteiger partial charge in [0.25, 0.3) is 0 Å². The molecule has 1 atom stereocenters. The smallest absolute Gasteiger partial charge is 0.228 e. The minimum atomic E-state index is -0.183. The highest BCUT2D eigenvalue weighted by molar-refractivity contribution is 5.92. The predicted molar refractivity (Wildman–Crippen MR) is 70.9 cm³/mol. The van der Waals surface area contributed by atoms with Gasteiger partial charge in [-0.15, -0.1) is 0 Å². The molecule has 1 aromatic carbocycles. The predicted octanol–water partition coefficient (Wildman–Crippen LogP) is 1.61. The Morgan fingerprint density at radius 2 is 2.17 bits per heavy atom. The van der Waals surface area contributed by atoms with Gasteiger partial charge in [0.1, 0.15) is 0 Å². The monoisotopic (exact) mass is 244 g/mol. The molecule has 0 bridgehead atoms. The van der Waals surface area contributed by atoms with Crippen LogP contribution in [0.4, 0.5) is 5.69 Å². The van der Waals surface area contributed by atoms with Crippen molar-refractivity contribution < 1.29 is 4.79 Å². The van der Waals surface area contributed by atoms with Crippen molar-refractivity contribution in [1.29, 1.82) is 0 Å². The van der Waals surface area contributed by atoms with Crippen molar-refractivity contribution in [2.75, 3.05) is 11.9 Å². The van der Waals surface area contributed by atoms with Gasteiger partial charge < -0.3 is 16.0 Å². The van der Waals surface area contributed by atoms with Crippen LogP contribution in [0.3, 0.4) is 0 Å². The van der Waals surface area contributed by atoms with Gasteiger partial charge in [0.05, 0.1) is 18.2 Å². The molecular formula is C13H16N4O. The lowest BCUT2D eigenvalue weighted by Gasteiger charge is -2.10. The molecule has 1 heterocycles. The molecule has 4 N–H and O–H groups in total. The van der Waals surface area contributed by atoms with E-state index >= 15 is 0 Å². The van der Waals surface area contributed by atoms with Gasteiger partial charge in [-0.05, 0) is 17.7 Å². The number of aromatic nitrogens is 2. The second kappa shape index (κ2) is 5.46. The van der Waals surface area contributed by atoms with Crippen LogP contribution in [0.5, 0.6) is 0 Å². The van der Waals surface area contributed by atoms with E-state index in [0.717, 1.165) is 16.9 Å². The van der Waals surface area contributed by atoms with Gasteiger partial charge in [-0.2, -0.15) is 0 Å². The van der Waals surface area contributed by atoms with Crippen LogP contribution < -0.4 is 11.1 Å². The Kier molecular flexibility index (Phi) is 3.74. The average Bonchev–Trinajstić information content (AvgIpc) is 2.92. The number of nitrogens with one attached hydrogen (secondary N) is 2. The molecule has 0 spiro atoms. The highest BCUT2D eigenvalue weighted by Gasteiger charge is 2.10. The highest BCUT2D eigenvalue weighted by atomic mass is 16.1. The first-order valence-corrected chi connectivity index (χ1v) is 5.80. The van der Waals surface area contributed by atoms with Crippen molar-refractivity contribution in [3.63, 3.8) is 0 Å². The number of rotatable bonds is 4. The molecule has 0 aliphatic carbocycles. The molecule has 0 fully saturated rings. The van der Waals surface area contributed by atoms with Gasteiger partial charge in [-0.3, -0.25) is 4.79 Å². The zero-order valence-corrected chi connectivity index (χ0v) is 10.2. The van der Waals surface area contributed by atoms with Crippen LogP contribution in [0.1, 0.15) is 6.92 Å². The standard InChI is InChI=1S/C13H16N4O/c1-9(6-14)13(18)17-11-4-2-10(3-5-11)12-7-15-8-16-12/h2-5,7-9H,6,14H2,1H3,(H,15,16)(H,17,18). The van der Waals surface area contributed by atoms with Gasteiger partial charge in [0.15, 0.2) is 0 Å². The molecule has 5 nitrogen and oxygen atoms in total. The maximum atomic E-state index is 11.6. The van der Waals surface area contributed by atoms with Crippen LogP contribution in [0.25, 0.3) is 11.3 Å². The van der Waals surface area contributed by atoms with Gasteiger partial charge >= 0.3 is 0 Å². The van der Waals surface area contributed by atoms with E-state index in [1.807, 2.05) is 24.3 Å². The Balaban J connectivity index is 2.06. The Morgan fingerprint density at radius 1 is 1.44 bits per heavy atom. The number of carbonyl (C=O) groups is 1. The number of anilines is 1. The number of nitrogens with two attached hydrogens (primary N) is 1. The third-order valence-electron chi connectivity index (χ3n) is 2.76. The second-order valence-corrected chi connectivity index (χ2v) is 4.17. The Labute approximate surface area is 105 Å². The number of H-pyrrole nitrogens is 1. The largest absolute Gasteiger partial charge is 0.345 e. The molecule has 2 rings (SSSR count). The van der Waals surface area contributed by atoms with Crippen molar-refractivity contribution in [1.82, 2.24) is 9.97 Å². The molecule has 0 saturated carbocycles. The van der Waals surface area contributed by atoms with Crippen molar-refractivity contribution in [3.8, 4) is 11.3 Å². The van der Waals surface area contributed by atoms with Gasteiger partial charge in [0, 0.05) is 18.2 Å². The van der Waals surface area contributed by atoms with E-state index in [9.17, 15) is 4.79 Å². The third kappa shape index (κ3) is 2.75. The number of amides is 1. The number of hydrogen-bond donors (Lipinski definition) is 3. The van der Waals surface area contributed by atoms with Crippen LogP contribution in [-0.2, 0) is 4.79 Å². The summed E-state index contributed by atoms with van der Waals surface area (Å²) in [7, 11) is 0. The molecule has 18 heavy (non-hydrogen) atoms. The molecule has 94 valence electrons. The topological polar surface area (TPSA) is 83.8 Å². The molecule has 1 aromatic heterocycles. The maximum absolute atomic E-state index is 11.6. The third-order valence-corrected chi connectivity index (χ3v) is 2.76. The minimum Gasteiger partial charge on any atom is -0.345 e. The van der Waals surface area contributed by atoms with Crippen LogP contribution >= 0.6 is 0 Å². The quantitative estimate of drug-likeness (QED) is 0.764. The molecule has 0 aliphatic rings. The summed E-state index contributed by atoms with van der Waals surface area (Å²) < 4.78 is 0. The summed E-state index contributed by atoms with van der Waals surface area (Å²) in [5.41, 5.74) is 8.18. The van der Waals surface area contributed by atoms with Crippen LogP contribution in [-0.4, -0.2) is 22.4 Å². The number of imidazole rings is 1. The highest BCUT2D eigenvalue weighted by Crippen LogP contribution is 2.18. The van der Waals surface area contributed by atoms with E-state index in [0.29, 0.717) is 6.54 Å². The zero-order valence-electron chi connectivity index (χ0n) is 10.2. The van der Waals surface area contributed by atoms with E-state index in [2.05, 4.69) is 15.3 Å². The zero-order chi connectivity index (χ0) is 13.0. The fourth-order valence-electron chi connectivity index (χ4n) is 1.52. The van der Waals surface area contributed by atoms with Crippen molar-refractivity contribution >= 4 is 11.6 Å². The van der Waals surface area contributed by atoms with Gasteiger partial charge in [-0.1, -0.05) is 19.1 Å². The summed E-state index contributed by atoms with van der Waals surface area (Å²) in [5.74, 6) is -0.246. The fraction of sp³-hybridized carbons (Fsp3) is 0.231. The summed E-state index contributed by atoms with van der Waals surface area (Å²) in [5, 5.41) is 2.82. The number of benzene rings is 1. The lowest BCUT2D eigenvalue weighted by atomic mass is 10.1. The summed E-state index contributed by atoms with van der Waals surface area (Å²) in [6, 6.07) is 7.57. The van der Waals surface area contributed by atoms with Crippen molar-refractivity contribution in [2.45, 2.75) is 6.92 Å². The fourth-order valence-corrected chi connectivity index (χ4v) is 1.52. The molecule has 0 radical (unpaired) electrons. The summed E-state index contributed by atoms with van der Waals surface area (Å²) in [6.07, 6.45) is 3.39. The molecule has 0 aliphatic heterocycles. The van der Waals surface area contributed by atoms with E-state index < -0.39 is 0 Å². The molecular weight excluding hydrogens is 228 g/mol. The van der Waals surface area contributed by atoms with Crippen LogP contribution in [0.2, 0.25) is 0 Å². The molecule has 0 saturated heterocycles. The first kappa shape index (κ1) is 12.3. The Hall–Kier alpha value is -2.14. The summed E-state index contributed by atoms with van der Waals surface area (Å²) >= 11 is 0. The minimum absolute atomic E-state index is 0.0632. The second-order valence-electron chi connectivity index (χ2n) is 4.17. The summed E-state index contributed by atoms with van der Waals surface area (Å²) in [6.45, 7) is 2.15. The lowest BCUT2D eigenvalue weighted by Crippen LogP contribution is -2.26. The first-order chi connectivity index (χ1) is 8.70. The molecule has 1 unspecified atom stereocenters. The van der Waals surface area contributed by atoms with Crippen molar-refractivity contribution in [2.24, 2.45) is 11.7 Å². The van der Waals surface area contributed by atoms with E-state index in [-0.39, 0.29) is 11.8 Å². The Morgan fingerprint density at radius 3 is 2.72 bits per heavy atom. The lowest BCUT2D eigenvalue weighted by molar-refractivity contribution is -0.119. The first-order valence-electron chi connectivity index (χ1n) is 5.80. The number of hydrogen-bond acceptors (Lipinski definition) is 3. The number of carbonyl (C=O) groups excluding carboxylic acids is 1. The number of aromatic amines is 1. The van der Waals surface area contributed by atoms with E-state index in [4.69, 9.17) is 5.73 Å². The SMILES string of the molecule is CC(CN)C(=O)Nc1ccc(-c2cnc[nH]2)cc1. The normalized spacial score (nSPS) is 12.1. The van der Waals surface area contributed by atoms with Crippen LogP contribution in [0.15, 0.2) is 36.8 Å². The molecule has 5 heteroatoms. The molecule has 2 aromatic rings. The van der Waals surface area contributed by atoms with Crippen molar-refractivity contribution in [3.05, 3.63) is 36.8 Å². The number of nitrogens with zero attached hydrogens (tertiary/aromatic N) is 1. The van der Waals surface area contributed by atoms with Gasteiger partial charge in [0.2, 0.25) is 5.91 Å². The average molecular weight is 244 g/mol. The van der Waals surface area contributed by atoms with E-state index in [1.54, 1.807) is 19.4 Å². The molecule has 1 amide bonds. The van der Waals surface area contributed by atoms with E-state index in [1.165, 1.54) is 0 Å². The van der Waals surface area contributed by atoms with Gasteiger partial charge in [-0.25, -0.2) is 4.98 Å².